The molecule has 762 valence electrons. The van der Waals surface area contributed by atoms with Crippen LogP contribution in [-0.2, 0) is 46.9 Å². The van der Waals surface area contributed by atoms with Crippen LogP contribution in [0.3, 0.4) is 0 Å². The number of hydrogen-bond donors (Lipinski definition) is 6. The number of nitrogens with zero attached hydrogens (tertiary/aromatic N) is 15. The van der Waals surface area contributed by atoms with E-state index in [0.29, 0.717) is 134 Å². The Morgan fingerprint density at radius 2 is 0.769 bits per heavy atom. The SMILES string of the molecule is C[C@H](Oc1ccc2c(c1)C(/C(F)=C/c1ccc(CN3CCOCC3)nc1)=NC2)c1c(Cl)cncc1Cl.Cc1cncc(Cl)c1C(C)Oc1ccc2[nH]nc(/C(F)=C/c3ccc(CN4CCC(CO)CC4)nc3)c2c1.Cc1cncc(Cl)c1C(C)Oc1ccc2[nH]nc(/C(F)=C/c3ccc(CNC4CCOCC4)nc3)c2c1.Cc1cncc(Cl)c1[C@H](C)Oc1ccc2[nH]nc(/C(O)=C/c3ccc(CN4CCOCC4)nc3)c2c1. The third-order valence-electron chi connectivity index (χ3n) is 26.1. The Hall–Kier alpha value is -13.0. The van der Waals surface area contributed by atoms with Crippen molar-refractivity contribution >= 4 is 138 Å². The third kappa shape index (κ3) is 27.5. The van der Waals surface area contributed by atoms with Gasteiger partial charge in [-0.3, -0.25) is 74.9 Å². The van der Waals surface area contributed by atoms with E-state index in [9.17, 15) is 10.2 Å². The Labute approximate surface area is 874 Å². The highest BCUT2D eigenvalue weighted by molar-refractivity contribution is 6.36. The molecule has 0 spiro atoms. The number of aromatic amines is 3. The minimum atomic E-state index is -0.463. The number of rotatable bonds is 30. The van der Waals surface area contributed by atoms with Crippen molar-refractivity contribution < 1.29 is 56.5 Å². The van der Waals surface area contributed by atoms with E-state index in [1.54, 1.807) is 86.2 Å². The summed E-state index contributed by atoms with van der Waals surface area (Å²) in [6.45, 7) is 27.2. The van der Waals surface area contributed by atoms with Crippen molar-refractivity contribution in [1.82, 2.24) is 90.5 Å². The van der Waals surface area contributed by atoms with Crippen LogP contribution in [0.15, 0.2) is 207 Å². The Bertz CT molecular complexity index is 7140. The average molecular weight is 2090 g/mol. The quantitative estimate of drug-likeness (QED) is 0.0228. The summed E-state index contributed by atoms with van der Waals surface area (Å²) in [4.78, 5) is 45.8. The second kappa shape index (κ2) is 50.2. The first kappa shape index (κ1) is 105. The number of aromatic nitrogens is 14. The second-order valence-corrected chi connectivity index (χ2v) is 38.8. The fourth-order valence-electron chi connectivity index (χ4n) is 18.3. The monoisotopic (exact) mass is 2090 g/mol. The van der Waals surface area contributed by atoms with Gasteiger partial charge in [0.25, 0.3) is 0 Å². The Morgan fingerprint density at radius 3 is 1.18 bits per heavy atom. The first-order chi connectivity index (χ1) is 71.3. The topological polar surface area (TPSA) is 328 Å². The summed E-state index contributed by atoms with van der Waals surface area (Å²) in [7, 11) is 0. The van der Waals surface area contributed by atoms with Crippen LogP contribution in [-0.4, -0.2) is 193 Å². The van der Waals surface area contributed by atoms with E-state index in [2.05, 4.69) is 95.5 Å². The van der Waals surface area contributed by atoms with E-state index < -0.39 is 23.6 Å². The molecule has 5 aliphatic heterocycles. The molecule has 5 aliphatic rings. The van der Waals surface area contributed by atoms with Gasteiger partial charge in [0.2, 0.25) is 0 Å². The van der Waals surface area contributed by atoms with Gasteiger partial charge in [0.15, 0.2) is 11.7 Å². The number of aliphatic imine (C=N–C) groups is 1. The Kier molecular flexibility index (Phi) is 36.0. The first-order valence-corrected chi connectivity index (χ1v) is 50.7. The highest BCUT2D eigenvalue weighted by atomic mass is 35.5. The fraction of sp³-hybridized carbons (Fsp3) is 0.315. The molecule has 28 nitrogen and oxygen atoms in total. The second-order valence-electron chi connectivity index (χ2n) is 36.7. The van der Waals surface area contributed by atoms with Crippen LogP contribution in [0.5, 0.6) is 23.0 Å². The Balaban J connectivity index is 0.000000134. The van der Waals surface area contributed by atoms with Crippen LogP contribution < -0.4 is 24.3 Å². The predicted octanol–water partition coefficient (Wildman–Crippen LogP) is 23.7. The number of aryl methyl sites for hydroxylation is 3. The Morgan fingerprint density at radius 1 is 0.415 bits per heavy atom. The van der Waals surface area contributed by atoms with Gasteiger partial charge in [0.05, 0.1) is 97.4 Å². The van der Waals surface area contributed by atoms with Crippen molar-refractivity contribution in [2.45, 2.75) is 137 Å². The van der Waals surface area contributed by atoms with Crippen molar-refractivity contribution in [3.05, 3.63) is 339 Å². The van der Waals surface area contributed by atoms with Gasteiger partial charge < -0.3 is 48.7 Å². The van der Waals surface area contributed by atoms with Crippen LogP contribution in [0, 0.1) is 26.7 Å². The maximum absolute atomic E-state index is 15.3. The standard InChI is InChI=1S/C29H31ClFN5O2.C28H29ClFN5O2.C27H25Cl2FN4O2.C27H28ClN5O3/c1-18-13-32-15-25(30)28(18)19(2)38-23-5-6-27-24(12-23)29(35-34-27)26(31)11-21-3-4-22(33-14-21)16-36-9-7-20(17-37)8-10-36;1-17-13-31-16-24(29)27(17)18(2)37-22-5-6-26-23(12-22)28(35-34-26)25(30)11-19-3-4-21(32-14-19)15-33-20-7-9-36-10-8-20;1-17(26-23(28)14-31-15-24(26)29)36-21-5-3-19-13-33-27(22(19)11-21)25(30)10-18-2-4-20(32-12-18)16-34-6-8-35-9-7-34;1-17-13-29-15-23(28)26(17)18(2)36-21-5-6-24-22(12-21)27(32-31-24)25(34)11-19-3-4-20(30-14-19)16-33-7-9-35-10-8-33/h3-6,11-15,19-20,37H,7-10,16-17H2,1-2H3,(H,34,35);3-6,11-14,16,18,20,33H,7-10,15H2,1-2H3,(H,34,35);2-5,10-12,14-15,17H,6-9,13,16H2,1H3;3-6,11-15,18,34H,7-10,16H2,1-2H3,(H,31,32)/b26-11-;25-11-;25-10-;25-11-/t;;17-;18-/m..00/s1. The zero-order valence-corrected chi connectivity index (χ0v) is 86.1. The molecule has 0 saturated carbocycles. The van der Waals surface area contributed by atoms with Gasteiger partial charge >= 0.3 is 0 Å². The molecule has 2 unspecified atom stereocenters. The number of allylic oxidation sites excluding steroid dienone is 1. The average Bonchev–Trinajstić information content (AvgIpc) is 1.68. The predicted molar refractivity (Wildman–Crippen MR) is 570 cm³/mol. The maximum Gasteiger partial charge on any atom is 0.151 e. The lowest BCUT2D eigenvalue weighted by atomic mass is 9.98. The molecule has 147 heavy (non-hydrogen) atoms. The number of fused-ring (bicyclic) bond motifs is 4. The van der Waals surface area contributed by atoms with E-state index in [-0.39, 0.29) is 42.1 Å². The number of benzene rings is 4. The number of likely N-dealkylation sites (tertiary alicyclic amines) is 1. The van der Waals surface area contributed by atoms with Crippen LogP contribution in [0.2, 0.25) is 25.1 Å². The molecule has 36 heteroatoms. The molecule has 11 aromatic heterocycles. The molecular formula is C111H113Cl5F3N19O9. The van der Waals surface area contributed by atoms with Crippen molar-refractivity contribution in [1.29, 1.82) is 0 Å². The molecule has 6 N–H and O–H groups in total. The number of H-pyrrole nitrogens is 3. The number of hydrogen-bond acceptors (Lipinski definition) is 25. The van der Waals surface area contributed by atoms with Crippen LogP contribution in [0.4, 0.5) is 13.2 Å². The number of halogens is 8. The lowest BCUT2D eigenvalue weighted by Crippen LogP contribution is -2.35. The summed E-state index contributed by atoms with van der Waals surface area (Å²) in [5.74, 6) is 1.50. The smallest absolute Gasteiger partial charge is 0.151 e. The van der Waals surface area contributed by atoms with Gasteiger partial charge in [-0.2, -0.15) is 15.3 Å². The lowest BCUT2D eigenvalue weighted by Gasteiger charge is -2.30. The summed E-state index contributed by atoms with van der Waals surface area (Å²) in [6, 6.07) is 37.8. The highest BCUT2D eigenvalue weighted by Crippen LogP contribution is 2.41. The van der Waals surface area contributed by atoms with Crippen LogP contribution >= 0.6 is 58.0 Å². The molecule has 16 heterocycles. The van der Waals surface area contributed by atoms with Gasteiger partial charge in [-0.05, 0) is 253 Å². The van der Waals surface area contributed by atoms with Gasteiger partial charge in [0.1, 0.15) is 81.8 Å². The number of aliphatic hydroxyl groups excluding tert-OH is 2. The molecule has 20 rings (SSSR count). The molecule has 0 radical (unpaired) electrons. The lowest BCUT2D eigenvalue weighted by molar-refractivity contribution is 0.0336. The number of nitrogens with one attached hydrogen (secondary N) is 4. The zero-order chi connectivity index (χ0) is 103. The van der Waals surface area contributed by atoms with Gasteiger partial charge in [-0.15, -0.1) is 0 Å². The van der Waals surface area contributed by atoms with E-state index in [1.807, 2.05) is 152 Å². The van der Waals surface area contributed by atoms with Gasteiger partial charge in [-0.25, -0.2) is 13.2 Å². The minimum Gasteiger partial charge on any atom is -0.506 e. The summed E-state index contributed by atoms with van der Waals surface area (Å²) < 4.78 is 86.7. The van der Waals surface area contributed by atoms with Crippen molar-refractivity contribution in [2.75, 3.05) is 85.5 Å². The van der Waals surface area contributed by atoms with Crippen molar-refractivity contribution in [2.24, 2.45) is 10.9 Å². The van der Waals surface area contributed by atoms with E-state index in [4.69, 9.17) is 91.2 Å². The third-order valence-corrected chi connectivity index (χ3v) is 27.7. The summed E-state index contributed by atoms with van der Waals surface area (Å²) in [6.07, 6.45) is 28.7. The van der Waals surface area contributed by atoms with E-state index in [0.717, 1.165) is 202 Å². The largest absolute Gasteiger partial charge is 0.506 e. The molecule has 4 saturated heterocycles. The van der Waals surface area contributed by atoms with Crippen LogP contribution in [0.1, 0.15) is 190 Å². The molecule has 4 aromatic carbocycles. The molecule has 0 amide bonds. The van der Waals surface area contributed by atoms with E-state index >= 15 is 13.2 Å². The molecule has 15 aromatic rings. The summed E-state index contributed by atoms with van der Waals surface area (Å²) >= 11 is 31.6. The van der Waals surface area contributed by atoms with Crippen molar-refractivity contribution in [3.8, 4) is 23.0 Å². The summed E-state index contributed by atoms with van der Waals surface area (Å²) in [5, 5.41) is 49.7. The molecular weight excluding hydrogens is 1980 g/mol. The molecule has 0 aliphatic carbocycles. The summed E-state index contributed by atoms with van der Waals surface area (Å²) in [5.41, 5.74) is 17.7. The molecule has 0 bridgehead atoms. The van der Waals surface area contributed by atoms with Crippen molar-refractivity contribution in [3.63, 3.8) is 0 Å². The number of morpholine rings is 2. The normalized spacial score (nSPS) is 16.2. The van der Waals surface area contributed by atoms with Crippen LogP contribution in [0.25, 0.3) is 74.4 Å². The van der Waals surface area contributed by atoms with Gasteiger partial charge in [-0.1, -0.05) is 88.3 Å². The van der Waals surface area contributed by atoms with E-state index in [1.165, 1.54) is 30.6 Å². The molecule has 4 atom stereocenters. The minimum absolute atomic E-state index is 0.0437. The molecule has 4 fully saturated rings. The number of aliphatic hydroxyl groups is 2. The zero-order valence-electron chi connectivity index (χ0n) is 82.3. The number of ether oxygens (including phenoxy) is 7. The highest BCUT2D eigenvalue weighted by Gasteiger charge is 2.28. The number of pyridine rings is 8. The first-order valence-electron chi connectivity index (χ1n) is 48.8. The van der Waals surface area contributed by atoms with Gasteiger partial charge in [0, 0.05) is 197 Å². The fourth-order valence-corrected chi connectivity index (χ4v) is 20.0. The maximum atomic E-state index is 15.3. The number of piperidine rings is 1.